The van der Waals surface area contributed by atoms with Crippen LogP contribution >= 0.6 is 19.4 Å². The number of benzene rings is 2. The summed E-state index contributed by atoms with van der Waals surface area (Å²) >= 11 is -2.14. The predicted octanol–water partition coefficient (Wildman–Crippen LogP) is 4.76. The molecule has 0 aliphatic carbocycles. The summed E-state index contributed by atoms with van der Waals surface area (Å²) in [5.74, 6) is 0. The van der Waals surface area contributed by atoms with Crippen molar-refractivity contribution >= 4 is 19.4 Å². The summed E-state index contributed by atoms with van der Waals surface area (Å²) in [6.07, 6.45) is 0. The van der Waals surface area contributed by atoms with Gasteiger partial charge in [0.1, 0.15) is 0 Å². The van der Waals surface area contributed by atoms with Crippen LogP contribution in [0.15, 0.2) is 36.4 Å². The van der Waals surface area contributed by atoms with Crippen LogP contribution in [0.4, 0.5) is 0 Å². The van der Waals surface area contributed by atoms with E-state index in [1.165, 1.54) is 33.4 Å². The van der Waals surface area contributed by atoms with Crippen molar-refractivity contribution in [1.82, 2.24) is 3.64 Å². The van der Waals surface area contributed by atoms with E-state index >= 15 is 0 Å². The van der Waals surface area contributed by atoms with Gasteiger partial charge in [0, 0.05) is 0 Å². The monoisotopic (exact) mass is 482 g/mol. The fraction of sp³-hybridized carbons (Fsp3) is 0.400. The van der Waals surface area contributed by atoms with E-state index in [1.807, 2.05) is 0 Å². The maximum absolute atomic E-state index is 6.53. The summed E-state index contributed by atoms with van der Waals surface area (Å²) in [7, 11) is 12.8. The van der Waals surface area contributed by atoms with Crippen molar-refractivity contribution in [3.8, 4) is 0 Å². The third-order valence-corrected chi connectivity index (χ3v) is 8.24. The van der Waals surface area contributed by atoms with Crippen LogP contribution in [-0.4, -0.2) is 16.7 Å². The molecule has 6 heteroatoms. The molecule has 0 aromatic heterocycles. The van der Waals surface area contributed by atoms with E-state index in [2.05, 4.69) is 67.7 Å². The molecule has 0 heterocycles. The molecule has 2 atom stereocenters. The zero-order valence-electron chi connectivity index (χ0n) is 15.7. The summed E-state index contributed by atoms with van der Waals surface area (Å²) in [6.45, 7) is 9.57. The van der Waals surface area contributed by atoms with Gasteiger partial charge < -0.3 is 0 Å². The molecule has 0 saturated heterocycles. The van der Waals surface area contributed by atoms with Crippen LogP contribution in [0.3, 0.4) is 0 Å². The molecule has 0 spiro atoms. The Bertz CT molecular complexity index is 652. The number of hydrogen-bond donors (Lipinski definition) is 2. The van der Waals surface area contributed by atoms with Crippen molar-refractivity contribution in [1.29, 1.82) is 0 Å². The number of rotatable bonds is 7. The van der Waals surface area contributed by atoms with Gasteiger partial charge >= 0.3 is 171 Å². The van der Waals surface area contributed by atoms with Crippen molar-refractivity contribution in [2.75, 3.05) is 13.1 Å². The van der Waals surface area contributed by atoms with E-state index in [0.29, 0.717) is 13.1 Å². The topological polar surface area (TPSA) is 55.3 Å². The molecule has 0 fully saturated rings. The van der Waals surface area contributed by atoms with E-state index in [-0.39, 0.29) is 12.1 Å². The molecule has 0 radical (unpaired) electrons. The van der Waals surface area contributed by atoms with Gasteiger partial charge in [-0.05, 0) is 0 Å². The second-order valence-corrected chi connectivity index (χ2v) is 12.5. The van der Waals surface area contributed by atoms with Gasteiger partial charge in [-0.3, -0.25) is 0 Å². The minimum absolute atomic E-state index is 0.143. The molecule has 2 rings (SSSR count). The van der Waals surface area contributed by atoms with Crippen LogP contribution in [0.2, 0.25) is 0 Å². The van der Waals surface area contributed by atoms with E-state index in [4.69, 9.17) is 30.8 Å². The molecule has 3 nitrogen and oxygen atoms in total. The normalized spacial score (nSPS) is 14.4. The molecule has 0 aliphatic rings. The molecule has 0 saturated carbocycles. The van der Waals surface area contributed by atoms with Crippen LogP contribution in [0.25, 0.3) is 0 Å². The number of halogens is 2. The molecule has 2 aromatic carbocycles. The zero-order chi connectivity index (χ0) is 19.4. The number of aryl methyl sites for hydroxylation is 4. The van der Waals surface area contributed by atoms with E-state index in [9.17, 15) is 0 Å². The van der Waals surface area contributed by atoms with Crippen LogP contribution in [0, 0.1) is 27.7 Å². The van der Waals surface area contributed by atoms with Crippen molar-refractivity contribution in [3.63, 3.8) is 0 Å². The molecule has 0 amide bonds. The van der Waals surface area contributed by atoms with Gasteiger partial charge in [-0.2, -0.15) is 0 Å². The molecule has 4 N–H and O–H groups in total. The number of nitrogens with zero attached hydrogens (tertiary/aromatic N) is 1. The quantitative estimate of drug-likeness (QED) is 0.560. The third-order valence-electron chi connectivity index (χ3n) is 4.78. The molecule has 0 bridgehead atoms. The Morgan fingerprint density at radius 1 is 0.769 bits per heavy atom. The summed E-state index contributed by atoms with van der Waals surface area (Å²) in [6, 6.07) is 12.2. The van der Waals surface area contributed by atoms with Crippen molar-refractivity contribution in [3.05, 3.63) is 69.8 Å². The van der Waals surface area contributed by atoms with Gasteiger partial charge in [-0.25, -0.2) is 0 Å². The average molecular weight is 482 g/mol. The van der Waals surface area contributed by atoms with Crippen LogP contribution in [0.1, 0.15) is 45.5 Å². The van der Waals surface area contributed by atoms with Gasteiger partial charge in [0.15, 0.2) is 0 Å². The van der Waals surface area contributed by atoms with Gasteiger partial charge in [-0.1, -0.05) is 0 Å². The zero-order valence-corrected chi connectivity index (χ0v) is 19.0. The summed E-state index contributed by atoms with van der Waals surface area (Å²) in [5.41, 5.74) is 20.2. The molecule has 2 aromatic rings. The van der Waals surface area contributed by atoms with Gasteiger partial charge in [0.05, 0.1) is 0 Å². The van der Waals surface area contributed by atoms with Crippen LogP contribution in [0.5, 0.6) is 0 Å². The fourth-order valence-corrected chi connectivity index (χ4v) is 5.91. The number of hydrogen-bond acceptors (Lipinski definition) is 3. The standard InChI is InChI=1S/C20H28N3.2ClH.Ru/c1-13-7-5-8-14(2)19(13)17(21)11-23-12-18(22)20-15(3)9-6-10-16(20)4;;;/h5-10,17-18H,11-12,21-22H2,1-4H3;2*1H;/q-1;;;+3/p-2. The Kier molecular flexibility index (Phi) is 8.09. The van der Waals surface area contributed by atoms with Crippen molar-refractivity contribution in [2.24, 2.45) is 11.5 Å². The predicted molar refractivity (Wildman–Crippen MR) is 109 cm³/mol. The summed E-state index contributed by atoms with van der Waals surface area (Å²) < 4.78 is 2.08. The molecule has 145 valence electrons. The van der Waals surface area contributed by atoms with Gasteiger partial charge in [0.25, 0.3) is 0 Å². The van der Waals surface area contributed by atoms with E-state index in [0.717, 1.165) is 0 Å². The van der Waals surface area contributed by atoms with E-state index < -0.39 is 14.2 Å². The average Bonchev–Trinajstić information content (AvgIpc) is 2.53. The SMILES string of the molecule is Cc1cccc(C)c1C(N)C[N](CC(N)c1c(C)cccc1C)[Ru]([Cl])[Cl]. The van der Waals surface area contributed by atoms with Crippen LogP contribution < -0.4 is 11.5 Å². The van der Waals surface area contributed by atoms with Crippen LogP contribution in [-0.2, 0) is 14.2 Å². The Balaban J connectivity index is 2.19. The minimum atomic E-state index is -2.14. The molecule has 26 heavy (non-hydrogen) atoms. The second-order valence-electron chi connectivity index (χ2n) is 6.81. The summed E-state index contributed by atoms with van der Waals surface area (Å²) in [4.78, 5) is 0. The first-order valence-electron chi connectivity index (χ1n) is 8.61. The third kappa shape index (κ3) is 5.28. The Morgan fingerprint density at radius 2 is 1.08 bits per heavy atom. The van der Waals surface area contributed by atoms with Gasteiger partial charge in [-0.15, -0.1) is 0 Å². The molecular weight excluding hydrogens is 454 g/mol. The second kappa shape index (κ2) is 9.64. The first-order valence-corrected chi connectivity index (χ1v) is 13.9. The Hall–Kier alpha value is -0.477. The Morgan fingerprint density at radius 3 is 1.35 bits per heavy atom. The van der Waals surface area contributed by atoms with Gasteiger partial charge in [0.2, 0.25) is 0 Å². The van der Waals surface area contributed by atoms with Crippen molar-refractivity contribution < 1.29 is 14.2 Å². The first-order chi connectivity index (χ1) is 12.2. The first kappa shape index (κ1) is 21.8. The maximum atomic E-state index is 6.53. The molecule has 0 aliphatic heterocycles. The van der Waals surface area contributed by atoms with E-state index in [1.54, 1.807) is 0 Å². The number of nitrogens with two attached hydrogens (primary N) is 2. The fourth-order valence-electron chi connectivity index (χ4n) is 3.60. The van der Waals surface area contributed by atoms with Crippen molar-refractivity contribution in [2.45, 2.75) is 39.8 Å². The molecule has 2 unspecified atom stereocenters. The Labute approximate surface area is 170 Å². The summed E-state index contributed by atoms with van der Waals surface area (Å²) in [5, 5.41) is 0. The molecular formula is C20H28Cl2N3Ru.